The molecule has 10 nitrogen and oxygen atoms in total. The molecule has 0 aromatic heterocycles. The van der Waals surface area contributed by atoms with Gasteiger partial charge in [0.1, 0.15) is 0 Å². The van der Waals surface area contributed by atoms with Crippen LogP contribution in [0, 0.1) is 0 Å². The number of benzene rings is 2. The van der Waals surface area contributed by atoms with Crippen LogP contribution in [0.4, 0.5) is 9.59 Å². The summed E-state index contributed by atoms with van der Waals surface area (Å²) in [6.45, 7) is 0. The van der Waals surface area contributed by atoms with Gasteiger partial charge in [0.15, 0.2) is 0 Å². The first-order valence-electron chi connectivity index (χ1n) is 7.08. The highest BCUT2D eigenvalue weighted by atomic mass is 16.4. The number of rotatable bonds is 0. The maximum Gasteiger partial charge on any atom is 0.421 e. The van der Waals surface area contributed by atoms with Gasteiger partial charge in [-0.05, 0) is 24.3 Å². The van der Waals surface area contributed by atoms with Crippen LogP contribution >= 0.6 is 0 Å². The van der Waals surface area contributed by atoms with Crippen LogP contribution in [0.2, 0.25) is 0 Å². The summed E-state index contributed by atoms with van der Waals surface area (Å²) in [6, 6.07) is 4.51. The van der Waals surface area contributed by atoms with Crippen LogP contribution < -0.4 is 0 Å². The highest BCUT2D eigenvalue weighted by Crippen LogP contribution is 2.37. The van der Waals surface area contributed by atoms with Gasteiger partial charge in [-0.25, -0.2) is 9.59 Å². The lowest BCUT2D eigenvalue weighted by molar-refractivity contribution is 0.0581. The molecule has 0 saturated heterocycles. The molecule has 2 heterocycles. The zero-order chi connectivity index (χ0) is 18.9. The van der Waals surface area contributed by atoms with Crippen molar-refractivity contribution in [3.63, 3.8) is 0 Å². The molecule has 4 rings (SSSR count). The molecule has 2 aromatic carbocycles. The predicted molar refractivity (Wildman–Crippen MR) is 81.0 cm³/mol. The Kier molecular flexibility index (Phi) is 2.81. The fourth-order valence-electron chi connectivity index (χ4n) is 3.22. The molecule has 26 heavy (non-hydrogen) atoms. The van der Waals surface area contributed by atoms with Crippen molar-refractivity contribution in [2.45, 2.75) is 0 Å². The Balaban J connectivity index is 2.12. The Morgan fingerprint density at radius 2 is 0.808 bits per heavy atom. The Morgan fingerprint density at radius 1 is 0.577 bits per heavy atom. The third-order valence-corrected chi connectivity index (χ3v) is 4.28. The van der Waals surface area contributed by atoms with E-state index in [1.54, 1.807) is 0 Å². The summed E-state index contributed by atoms with van der Waals surface area (Å²) in [6.07, 6.45) is -3.52. The fourth-order valence-corrected chi connectivity index (χ4v) is 3.22. The van der Waals surface area contributed by atoms with E-state index in [2.05, 4.69) is 0 Å². The largest absolute Gasteiger partial charge is 0.464 e. The molecule has 10 heteroatoms. The van der Waals surface area contributed by atoms with E-state index in [9.17, 15) is 28.8 Å². The molecule has 2 aliphatic heterocycles. The molecular formula is C16H6N2O8. The minimum absolute atomic E-state index is 0.0371. The molecule has 0 saturated carbocycles. The van der Waals surface area contributed by atoms with Crippen LogP contribution in [0.1, 0.15) is 41.4 Å². The minimum Gasteiger partial charge on any atom is -0.464 e. The van der Waals surface area contributed by atoms with Crippen molar-refractivity contribution >= 4 is 46.6 Å². The van der Waals surface area contributed by atoms with E-state index < -0.39 is 35.8 Å². The van der Waals surface area contributed by atoms with Gasteiger partial charge in [0.05, 0.1) is 0 Å². The van der Waals surface area contributed by atoms with Gasteiger partial charge in [0.25, 0.3) is 23.6 Å². The topological polar surface area (TPSA) is 149 Å². The first kappa shape index (κ1) is 15.4. The number of carbonyl (C=O) groups is 6. The van der Waals surface area contributed by atoms with Crippen LogP contribution in [0.3, 0.4) is 0 Å². The lowest BCUT2D eigenvalue weighted by atomic mass is 9.86. The number of imide groups is 6. The summed E-state index contributed by atoms with van der Waals surface area (Å²) in [5.41, 5.74) is -0.696. The van der Waals surface area contributed by atoms with E-state index in [0.717, 1.165) is 24.3 Å². The van der Waals surface area contributed by atoms with Crippen molar-refractivity contribution in [3.8, 4) is 0 Å². The summed E-state index contributed by atoms with van der Waals surface area (Å²) in [7, 11) is 0. The number of carboxylic acid groups (broad SMARTS) is 2. The quantitative estimate of drug-likeness (QED) is 0.674. The lowest BCUT2D eigenvalue weighted by Crippen LogP contribution is -2.46. The second-order valence-electron chi connectivity index (χ2n) is 5.53. The standard InChI is InChI=1S/C16H6N2O8/c19-11-5-1-2-6-10-8(14(22)18(12(6)20)16(25)26)4-3-7(9(5)10)13(21)17(11)15(23)24/h1-4H,(H,23,24)(H,25,26). The second kappa shape index (κ2) is 4.72. The average molecular weight is 354 g/mol. The SMILES string of the molecule is O=C(O)N1C(=O)c2ccc3c4c(ccc(c24)C1=O)C(=O)N(C(=O)O)C3=O. The van der Waals surface area contributed by atoms with Gasteiger partial charge in [-0.1, -0.05) is 0 Å². The van der Waals surface area contributed by atoms with E-state index in [1.165, 1.54) is 0 Å². The second-order valence-corrected chi connectivity index (χ2v) is 5.53. The third-order valence-electron chi connectivity index (χ3n) is 4.28. The molecule has 0 aliphatic carbocycles. The predicted octanol–water partition coefficient (Wildman–Crippen LogP) is 1.39. The number of amides is 6. The molecule has 2 aliphatic rings. The van der Waals surface area contributed by atoms with Crippen LogP contribution in [0.5, 0.6) is 0 Å². The van der Waals surface area contributed by atoms with Crippen LogP contribution in [0.25, 0.3) is 10.8 Å². The molecule has 0 atom stereocenters. The minimum atomic E-state index is -1.76. The zero-order valence-corrected chi connectivity index (χ0v) is 12.5. The first-order valence-corrected chi connectivity index (χ1v) is 7.08. The van der Waals surface area contributed by atoms with Gasteiger partial charge in [0.2, 0.25) is 0 Å². The van der Waals surface area contributed by atoms with Crippen molar-refractivity contribution in [1.29, 1.82) is 0 Å². The average Bonchev–Trinajstić information content (AvgIpc) is 2.57. The molecule has 6 amide bonds. The van der Waals surface area contributed by atoms with Crippen molar-refractivity contribution < 1.29 is 39.0 Å². The van der Waals surface area contributed by atoms with Crippen molar-refractivity contribution in [2.24, 2.45) is 0 Å². The molecule has 2 aromatic rings. The van der Waals surface area contributed by atoms with Crippen LogP contribution in [0.15, 0.2) is 24.3 Å². The van der Waals surface area contributed by atoms with E-state index in [1.807, 2.05) is 0 Å². The Hall–Kier alpha value is -4.08. The monoisotopic (exact) mass is 354 g/mol. The summed E-state index contributed by atoms with van der Waals surface area (Å²) in [5.74, 6) is -4.45. The van der Waals surface area contributed by atoms with Crippen LogP contribution in [-0.4, -0.2) is 55.8 Å². The molecule has 0 spiro atoms. The first-order chi connectivity index (χ1) is 12.3. The van der Waals surface area contributed by atoms with Crippen LogP contribution in [-0.2, 0) is 0 Å². The maximum absolute atomic E-state index is 12.4. The van der Waals surface area contributed by atoms with Gasteiger partial charge in [-0.3, -0.25) is 19.2 Å². The highest BCUT2D eigenvalue weighted by molar-refractivity contribution is 6.37. The molecule has 128 valence electrons. The van der Waals surface area contributed by atoms with Gasteiger partial charge in [-0.15, -0.1) is 0 Å². The van der Waals surface area contributed by atoms with Crippen molar-refractivity contribution in [2.75, 3.05) is 0 Å². The molecule has 0 fully saturated rings. The Bertz CT molecular complexity index is 974. The maximum atomic E-state index is 12.4. The van der Waals surface area contributed by atoms with E-state index in [-0.39, 0.29) is 42.8 Å². The molecule has 0 unspecified atom stereocenters. The fraction of sp³-hybridized carbons (Fsp3) is 0. The summed E-state index contributed by atoms with van der Waals surface area (Å²) < 4.78 is 0. The van der Waals surface area contributed by atoms with E-state index >= 15 is 0 Å². The smallest absolute Gasteiger partial charge is 0.421 e. The number of hydrogen-bond acceptors (Lipinski definition) is 6. The molecule has 2 N–H and O–H groups in total. The van der Waals surface area contributed by atoms with Gasteiger partial charge < -0.3 is 10.2 Å². The molecular weight excluding hydrogens is 348 g/mol. The molecule has 0 radical (unpaired) electrons. The van der Waals surface area contributed by atoms with Crippen molar-refractivity contribution in [3.05, 3.63) is 46.5 Å². The van der Waals surface area contributed by atoms with Gasteiger partial charge >= 0.3 is 12.2 Å². The molecule has 0 bridgehead atoms. The zero-order valence-electron chi connectivity index (χ0n) is 12.5. The Morgan fingerprint density at radius 3 is 1.00 bits per heavy atom. The number of carbonyl (C=O) groups excluding carboxylic acids is 4. The summed E-state index contributed by atoms with van der Waals surface area (Å²) in [4.78, 5) is 72.0. The third kappa shape index (κ3) is 1.64. The Labute approximate surface area is 142 Å². The lowest BCUT2D eigenvalue weighted by Gasteiger charge is -2.28. The summed E-state index contributed by atoms with van der Waals surface area (Å²) >= 11 is 0. The van der Waals surface area contributed by atoms with E-state index in [4.69, 9.17) is 10.2 Å². The van der Waals surface area contributed by atoms with E-state index in [0.29, 0.717) is 0 Å². The van der Waals surface area contributed by atoms with Gasteiger partial charge in [-0.2, -0.15) is 9.80 Å². The van der Waals surface area contributed by atoms with Gasteiger partial charge in [0, 0.05) is 33.0 Å². The highest BCUT2D eigenvalue weighted by Gasteiger charge is 2.43. The number of nitrogens with zero attached hydrogens (tertiary/aromatic N) is 2. The van der Waals surface area contributed by atoms with Crippen molar-refractivity contribution in [1.82, 2.24) is 9.80 Å². The summed E-state index contributed by atoms with van der Waals surface area (Å²) in [5, 5.41) is 18.1. The number of hydrogen-bond donors (Lipinski definition) is 2. The normalized spacial score (nSPS) is 15.7.